The zero-order valence-electron chi connectivity index (χ0n) is 20.4. The van der Waals surface area contributed by atoms with Gasteiger partial charge < -0.3 is 24.4 Å². The standard InChI is InChI=1S/C27H31N3O4/c1-6-8-22-19-15-34-26(32)27(7-2,33-5)20(19)12-23-25-16(13-30(22)23)11-17-18(14-29(3)4)24(31)10-9-21(17)28-25/h8-12,31H,6-7,13-15H2,1-5H3. The molecule has 0 saturated carbocycles. The van der Waals surface area contributed by atoms with E-state index in [4.69, 9.17) is 14.5 Å². The number of carbonyl (C=O) groups is 1. The number of methoxy groups -OCH3 is 1. The summed E-state index contributed by atoms with van der Waals surface area (Å²) in [5.74, 6) is -0.0593. The number of phenolic OH excluding ortho intramolecular Hbond substituents is 1. The number of pyridine rings is 1. The molecule has 7 heteroatoms. The van der Waals surface area contributed by atoms with Crippen molar-refractivity contribution in [2.45, 2.75) is 45.4 Å². The number of fused-ring (bicyclic) bond motifs is 4. The molecule has 0 radical (unpaired) electrons. The Labute approximate surface area is 200 Å². The van der Waals surface area contributed by atoms with Crippen molar-refractivity contribution in [2.24, 2.45) is 0 Å². The zero-order valence-corrected chi connectivity index (χ0v) is 20.4. The summed E-state index contributed by atoms with van der Waals surface area (Å²) in [7, 11) is 5.55. The topological polar surface area (TPSA) is 75.1 Å². The van der Waals surface area contributed by atoms with Gasteiger partial charge in [-0.15, -0.1) is 0 Å². The molecule has 0 bridgehead atoms. The first-order chi connectivity index (χ1) is 16.3. The lowest BCUT2D eigenvalue weighted by atomic mass is 9.81. The van der Waals surface area contributed by atoms with E-state index in [0.717, 1.165) is 56.7 Å². The number of esters is 1. The van der Waals surface area contributed by atoms with Crippen LogP contribution >= 0.6 is 0 Å². The lowest BCUT2D eigenvalue weighted by Crippen LogP contribution is -2.48. The highest BCUT2D eigenvalue weighted by molar-refractivity contribution is 5.92. The molecule has 1 atom stereocenters. The van der Waals surface area contributed by atoms with Crippen molar-refractivity contribution in [3.05, 3.63) is 64.0 Å². The van der Waals surface area contributed by atoms with E-state index in [1.54, 1.807) is 13.2 Å². The molecule has 1 unspecified atom stereocenters. The minimum atomic E-state index is -1.12. The first kappa shape index (κ1) is 22.6. The lowest BCUT2D eigenvalue weighted by Gasteiger charge is -2.41. The van der Waals surface area contributed by atoms with Gasteiger partial charge in [0.15, 0.2) is 5.60 Å². The molecule has 34 heavy (non-hydrogen) atoms. The number of hydrogen-bond donors (Lipinski definition) is 1. The van der Waals surface area contributed by atoms with Gasteiger partial charge in [-0.1, -0.05) is 19.9 Å². The van der Waals surface area contributed by atoms with Gasteiger partial charge in [0.1, 0.15) is 12.4 Å². The smallest absolute Gasteiger partial charge is 0.343 e. The van der Waals surface area contributed by atoms with Crippen molar-refractivity contribution in [1.29, 1.82) is 0 Å². The fourth-order valence-electron chi connectivity index (χ4n) is 5.40. The zero-order chi connectivity index (χ0) is 24.2. The summed E-state index contributed by atoms with van der Waals surface area (Å²) in [5, 5.41) is 11.5. The molecule has 5 rings (SSSR count). The Morgan fingerprint density at radius 1 is 1.32 bits per heavy atom. The molecule has 2 aromatic rings. The summed E-state index contributed by atoms with van der Waals surface area (Å²) in [5.41, 5.74) is 6.49. The summed E-state index contributed by atoms with van der Waals surface area (Å²) in [6.07, 6.45) is 5.59. The highest BCUT2D eigenvalue weighted by atomic mass is 16.6. The Morgan fingerprint density at radius 2 is 2.12 bits per heavy atom. The quantitative estimate of drug-likeness (QED) is 0.672. The average molecular weight is 462 g/mol. The second-order valence-electron chi connectivity index (χ2n) is 9.33. The summed E-state index contributed by atoms with van der Waals surface area (Å²) >= 11 is 0. The number of aromatic nitrogens is 1. The van der Waals surface area contributed by atoms with Crippen LogP contribution in [0.1, 0.15) is 43.5 Å². The number of nitrogens with zero attached hydrogens (tertiary/aromatic N) is 3. The number of rotatable bonds is 5. The molecule has 3 aliphatic rings. The lowest BCUT2D eigenvalue weighted by molar-refractivity contribution is -0.166. The maximum absolute atomic E-state index is 12.9. The van der Waals surface area contributed by atoms with Crippen molar-refractivity contribution in [3.8, 4) is 5.75 Å². The van der Waals surface area contributed by atoms with E-state index < -0.39 is 5.60 Å². The van der Waals surface area contributed by atoms with Crippen molar-refractivity contribution < 1.29 is 19.4 Å². The van der Waals surface area contributed by atoms with Crippen LogP contribution in [0.15, 0.2) is 47.2 Å². The van der Waals surface area contributed by atoms with Crippen LogP contribution in [0.5, 0.6) is 5.75 Å². The third kappa shape index (κ3) is 3.18. The SMILES string of the molecule is CCC=C1C2=C(C=C3c4nc5ccc(O)c(CN(C)C)c5cc4CN13)C(CC)(OC)C(=O)OC2. The third-order valence-electron chi connectivity index (χ3n) is 7.06. The van der Waals surface area contributed by atoms with Gasteiger partial charge in [-0.3, -0.25) is 0 Å². The predicted molar refractivity (Wildman–Crippen MR) is 131 cm³/mol. The predicted octanol–water partition coefficient (Wildman–Crippen LogP) is 4.11. The molecule has 1 N–H and O–H groups in total. The van der Waals surface area contributed by atoms with Crippen molar-refractivity contribution in [1.82, 2.24) is 14.8 Å². The van der Waals surface area contributed by atoms with Crippen molar-refractivity contribution in [2.75, 3.05) is 27.8 Å². The Hall–Kier alpha value is -3.16. The fourth-order valence-corrected chi connectivity index (χ4v) is 5.40. The second-order valence-corrected chi connectivity index (χ2v) is 9.33. The van der Waals surface area contributed by atoms with E-state index >= 15 is 0 Å². The number of aromatic hydroxyl groups is 1. The number of allylic oxidation sites excluding steroid dienone is 1. The Balaban J connectivity index is 1.73. The van der Waals surface area contributed by atoms with Gasteiger partial charge in [-0.25, -0.2) is 9.78 Å². The molecular formula is C27H31N3O4. The van der Waals surface area contributed by atoms with Gasteiger partial charge in [0.05, 0.1) is 23.5 Å². The molecule has 0 saturated heterocycles. The number of cyclic esters (lactones) is 1. The molecule has 0 aliphatic carbocycles. The maximum Gasteiger partial charge on any atom is 0.343 e. The molecule has 7 nitrogen and oxygen atoms in total. The summed E-state index contributed by atoms with van der Waals surface area (Å²) < 4.78 is 11.4. The molecule has 4 heterocycles. The van der Waals surface area contributed by atoms with Crippen LogP contribution in [0.2, 0.25) is 0 Å². The van der Waals surface area contributed by atoms with E-state index in [1.165, 1.54) is 0 Å². The molecule has 1 aromatic carbocycles. The maximum atomic E-state index is 12.9. The first-order valence-corrected chi connectivity index (χ1v) is 11.8. The van der Waals surface area contributed by atoms with E-state index in [9.17, 15) is 9.90 Å². The van der Waals surface area contributed by atoms with E-state index in [2.05, 4.69) is 30.0 Å². The van der Waals surface area contributed by atoms with Gasteiger partial charge >= 0.3 is 5.97 Å². The molecule has 0 spiro atoms. The van der Waals surface area contributed by atoms with E-state index in [-0.39, 0.29) is 18.3 Å². The van der Waals surface area contributed by atoms with Crippen LogP contribution in [-0.4, -0.2) is 59.3 Å². The van der Waals surface area contributed by atoms with Crippen LogP contribution in [0.25, 0.3) is 16.6 Å². The highest BCUT2D eigenvalue weighted by Crippen LogP contribution is 2.48. The minimum Gasteiger partial charge on any atom is -0.508 e. The Bertz CT molecular complexity index is 1280. The third-order valence-corrected chi connectivity index (χ3v) is 7.06. The summed E-state index contributed by atoms with van der Waals surface area (Å²) in [4.78, 5) is 22.2. The Kier molecular flexibility index (Phi) is 5.49. The number of phenols is 1. The van der Waals surface area contributed by atoms with Gasteiger partial charge in [0, 0.05) is 47.0 Å². The van der Waals surface area contributed by atoms with Crippen LogP contribution in [0.4, 0.5) is 0 Å². The summed E-state index contributed by atoms with van der Waals surface area (Å²) in [6, 6.07) is 5.74. The number of ether oxygens (including phenoxy) is 2. The highest BCUT2D eigenvalue weighted by Gasteiger charge is 2.49. The van der Waals surface area contributed by atoms with Crippen LogP contribution in [-0.2, 0) is 27.4 Å². The molecule has 0 fully saturated rings. The first-order valence-electron chi connectivity index (χ1n) is 11.8. The van der Waals surface area contributed by atoms with Crippen molar-refractivity contribution in [3.63, 3.8) is 0 Å². The number of hydrogen-bond acceptors (Lipinski definition) is 7. The molecule has 178 valence electrons. The number of benzene rings is 1. The van der Waals surface area contributed by atoms with Gasteiger partial charge in [-0.05, 0) is 51.2 Å². The summed E-state index contributed by atoms with van der Waals surface area (Å²) in [6.45, 7) is 5.58. The monoisotopic (exact) mass is 461 g/mol. The number of carbonyl (C=O) groups excluding carboxylic acids is 1. The molecule has 1 aromatic heterocycles. The average Bonchev–Trinajstić information content (AvgIpc) is 3.17. The van der Waals surface area contributed by atoms with E-state index in [1.807, 2.05) is 32.0 Å². The van der Waals surface area contributed by atoms with Crippen molar-refractivity contribution >= 4 is 22.6 Å². The Morgan fingerprint density at radius 3 is 2.79 bits per heavy atom. The second kappa shape index (κ2) is 8.25. The largest absolute Gasteiger partial charge is 0.508 e. The van der Waals surface area contributed by atoms with Crippen LogP contribution in [0.3, 0.4) is 0 Å². The normalized spacial score (nSPS) is 22.8. The van der Waals surface area contributed by atoms with Gasteiger partial charge in [0.25, 0.3) is 0 Å². The fraction of sp³-hybridized carbons (Fsp3) is 0.407. The van der Waals surface area contributed by atoms with E-state index in [0.29, 0.717) is 19.5 Å². The van der Waals surface area contributed by atoms with Gasteiger partial charge in [-0.2, -0.15) is 0 Å². The van der Waals surface area contributed by atoms with Crippen LogP contribution in [0, 0.1) is 0 Å². The molecule has 3 aliphatic heterocycles. The molecular weight excluding hydrogens is 430 g/mol. The van der Waals surface area contributed by atoms with Crippen LogP contribution < -0.4 is 0 Å². The van der Waals surface area contributed by atoms with Gasteiger partial charge in [0.2, 0.25) is 0 Å². The molecule has 0 amide bonds. The minimum absolute atomic E-state index is 0.234.